The van der Waals surface area contributed by atoms with E-state index in [0.29, 0.717) is 24.9 Å². The van der Waals surface area contributed by atoms with Gasteiger partial charge in [-0.25, -0.2) is 9.59 Å². The molecule has 0 heterocycles. The van der Waals surface area contributed by atoms with Crippen LogP contribution in [0.1, 0.15) is 25.7 Å². The van der Waals surface area contributed by atoms with Gasteiger partial charge in [0, 0.05) is 13.1 Å². The Bertz CT molecular complexity index is 286. The first-order chi connectivity index (χ1) is 9.65. The zero-order chi connectivity index (χ0) is 14.8. The number of aliphatic hydroxyl groups excluding tert-OH is 2. The molecule has 2 atom stereocenters. The Hall–Kier alpha value is -1.54. The van der Waals surface area contributed by atoms with Crippen LogP contribution in [0.15, 0.2) is 0 Å². The molecule has 0 aliphatic heterocycles. The van der Waals surface area contributed by atoms with E-state index in [2.05, 4.69) is 21.3 Å². The second-order valence-electron chi connectivity index (χ2n) is 4.99. The maximum Gasteiger partial charge on any atom is 0.316 e. The number of amides is 4. The fraction of sp³-hybridized carbons (Fsp3) is 0.833. The van der Waals surface area contributed by atoms with E-state index >= 15 is 0 Å². The summed E-state index contributed by atoms with van der Waals surface area (Å²) in [5.41, 5.74) is 0. The van der Waals surface area contributed by atoms with Crippen LogP contribution in [0, 0.1) is 11.8 Å². The molecule has 116 valence electrons. The molecule has 0 radical (unpaired) electrons. The third-order valence-corrected chi connectivity index (χ3v) is 3.47. The standard InChI is InChI=1S/C12H24N4O4/c17-7-15-11(19)13-5-9-2-1-3-10(4-9)6-14-12(20)16-8-18/h9-10,17-18H,1-8H2,(H2,13,15,19)(H2,14,16,20). The van der Waals surface area contributed by atoms with Crippen LogP contribution in [0.2, 0.25) is 0 Å². The van der Waals surface area contributed by atoms with Gasteiger partial charge in [0.25, 0.3) is 0 Å². The van der Waals surface area contributed by atoms with E-state index in [1.807, 2.05) is 0 Å². The summed E-state index contributed by atoms with van der Waals surface area (Å²) in [6.07, 6.45) is 4.12. The Morgan fingerprint density at radius 3 is 1.70 bits per heavy atom. The highest BCUT2D eigenvalue weighted by atomic mass is 16.3. The zero-order valence-electron chi connectivity index (χ0n) is 11.5. The average Bonchev–Trinajstić information content (AvgIpc) is 2.44. The number of urea groups is 2. The van der Waals surface area contributed by atoms with Crippen LogP contribution >= 0.6 is 0 Å². The number of aliphatic hydroxyl groups is 2. The van der Waals surface area contributed by atoms with E-state index in [-0.39, 0.29) is 25.5 Å². The van der Waals surface area contributed by atoms with Gasteiger partial charge in [-0.2, -0.15) is 0 Å². The number of hydrogen-bond acceptors (Lipinski definition) is 4. The van der Waals surface area contributed by atoms with Crippen molar-refractivity contribution in [2.75, 3.05) is 26.6 Å². The van der Waals surface area contributed by atoms with Crippen LogP contribution < -0.4 is 21.3 Å². The van der Waals surface area contributed by atoms with Crippen molar-refractivity contribution in [2.45, 2.75) is 25.7 Å². The smallest absolute Gasteiger partial charge is 0.316 e. The van der Waals surface area contributed by atoms with E-state index in [4.69, 9.17) is 10.2 Å². The summed E-state index contributed by atoms with van der Waals surface area (Å²) in [5, 5.41) is 27.1. The molecule has 0 spiro atoms. The Labute approximate surface area is 118 Å². The summed E-state index contributed by atoms with van der Waals surface area (Å²) in [6.45, 7) is 0.405. The second-order valence-corrected chi connectivity index (χ2v) is 4.99. The van der Waals surface area contributed by atoms with E-state index in [0.717, 1.165) is 25.7 Å². The first kappa shape index (κ1) is 16.5. The van der Waals surface area contributed by atoms with Gasteiger partial charge >= 0.3 is 12.1 Å². The normalized spacial score (nSPS) is 21.9. The van der Waals surface area contributed by atoms with Gasteiger partial charge in [-0.1, -0.05) is 6.42 Å². The molecule has 1 aliphatic rings. The molecule has 20 heavy (non-hydrogen) atoms. The van der Waals surface area contributed by atoms with E-state index in [9.17, 15) is 9.59 Å². The van der Waals surface area contributed by atoms with Gasteiger partial charge < -0.3 is 31.5 Å². The molecule has 1 fully saturated rings. The zero-order valence-corrected chi connectivity index (χ0v) is 11.5. The van der Waals surface area contributed by atoms with Gasteiger partial charge in [0.1, 0.15) is 13.5 Å². The minimum atomic E-state index is -0.372. The summed E-state index contributed by atoms with van der Waals surface area (Å²) >= 11 is 0. The predicted octanol–water partition coefficient (Wildman–Crippen LogP) is -0.709. The molecule has 1 rings (SSSR count). The number of hydrogen-bond donors (Lipinski definition) is 6. The van der Waals surface area contributed by atoms with E-state index in [1.165, 1.54) is 0 Å². The van der Waals surface area contributed by atoms with Crippen LogP contribution in [0.25, 0.3) is 0 Å². The van der Waals surface area contributed by atoms with Crippen molar-refractivity contribution in [3.05, 3.63) is 0 Å². The lowest BCUT2D eigenvalue weighted by Crippen LogP contribution is -2.41. The molecule has 8 heteroatoms. The highest BCUT2D eigenvalue weighted by Crippen LogP contribution is 2.28. The summed E-state index contributed by atoms with van der Waals surface area (Å²) < 4.78 is 0. The molecule has 0 aromatic carbocycles. The van der Waals surface area contributed by atoms with Crippen molar-refractivity contribution >= 4 is 12.1 Å². The van der Waals surface area contributed by atoms with Crippen LogP contribution in [0.5, 0.6) is 0 Å². The highest BCUT2D eigenvalue weighted by Gasteiger charge is 2.22. The van der Waals surface area contributed by atoms with Gasteiger partial charge in [0.2, 0.25) is 0 Å². The third kappa shape index (κ3) is 6.58. The molecular weight excluding hydrogens is 264 g/mol. The fourth-order valence-electron chi connectivity index (χ4n) is 2.52. The molecule has 1 aliphatic carbocycles. The lowest BCUT2D eigenvalue weighted by atomic mass is 9.81. The van der Waals surface area contributed by atoms with Gasteiger partial charge in [0.05, 0.1) is 0 Å². The van der Waals surface area contributed by atoms with Gasteiger partial charge in [-0.15, -0.1) is 0 Å². The molecule has 2 unspecified atom stereocenters. The van der Waals surface area contributed by atoms with Crippen molar-refractivity contribution in [1.82, 2.24) is 21.3 Å². The molecule has 0 aromatic rings. The summed E-state index contributed by atoms with van der Waals surface area (Å²) in [6, 6.07) is -0.731. The molecule has 0 bridgehead atoms. The molecule has 1 saturated carbocycles. The lowest BCUT2D eigenvalue weighted by molar-refractivity contribution is 0.205. The number of carbonyl (C=O) groups excluding carboxylic acids is 2. The Morgan fingerprint density at radius 2 is 1.30 bits per heavy atom. The summed E-state index contributed by atoms with van der Waals surface area (Å²) in [4.78, 5) is 22.4. The van der Waals surface area contributed by atoms with Gasteiger partial charge in [-0.05, 0) is 31.1 Å². The SMILES string of the molecule is O=C(NCO)NCC1CCCC(CNC(=O)NCO)C1. The monoisotopic (exact) mass is 288 g/mol. The Balaban J connectivity index is 2.21. The molecule has 6 N–H and O–H groups in total. The van der Waals surface area contributed by atoms with Crippen LogP contribution in [-0.4, -0.2) is 48.8 Å². The molecule has 8 nitrogen and oxygen atoms in total. The van der Waals surface area contributed by atoms with Crippen molar-refractivity contribution in [3.8, 4) is 0 Å². The fourth-order valence-corrected chi connectivity index (χ4v) is 2.52. The Morgan fingerprint density at radius 1 is 0.850 bits per heavy atom. The van der Waals surface area contributed by atoms with Crippen molar-refractivity contribution < 1.29 is 19.8 Å². The Kier molecular flexibility index (Phi) is 7.74. The minimum absolute atomic E-state index is 0.366. The maximum absolute atomic E-state index is 11.2. The number of rotatable bonds is 6. The topological polar surface area (TPSA) is 123 Å². The lowest BCUT2D eigenvalue weighted by Gasteiger charge is -2.29. The largest absolute Gasteiger partial charge is 0.376 e. The second kappa shape index (κ2) is 9.38. The van der Waals surface area contributed by atoms with Gasteiger partial charge in [-0.3, -0.25) is 0 Å². The first-order valence-corrected chi connectivity index (χ1v) is 6.90. The maximum atomic E-state index is 11.2. The van der Waals surface area contributed by atoms with Crippen LogP contribution in [0.4, 0.5) is 9.59 Å². The molecule has 0 saturated heterocycles. The third-order valence-electron chi connectivity index (χ3n) is 3.47. The highest BCUT2D eigenvalue weighted by molar-refractivity contribution is 5.73. The van der Waals surface area contributed by atoms with Gasteiger partial charge in [0.15, 0.2) is 0 Å². The molecule has 0 aromatic heterocycles. The first-order valence-electron chi connectivity index (χ1n) is 6.90. The van der Waals surface area contributed by atoms with E-state index < -0.39 is 0 Å². The van der Waals surface area contributed by atoms with Crippen LogP contribution in [0.3, 0.4) is 0 Å². The van der Waals surface area contributed by atoms with Crippen LogP contribution in [-0.2, 0) is 0 Å². The average molecular weight is 288 g/mol. The van der Waals surface area contributed by atoms with Crippen molar-refractivity contribution in [2.24, 2.45) is 11.8 Å². The molecule has 4 amide bonds. The summed E-state index contributed by atoms with van der Waals surface area (Å²) in [7, 11) is 0. The number of nitrogens with one attached hydrogen (secondary N) is 4. The predicted molar refractivity (Wildman–Crippen MR) is 72.7 cm³/mol. The van der Waals surface area contributed by atoms with Crippen molar-refractivity contribution in [1.29, 1.82) is 0 Å². The summed E-state index contributed by atoms with van der Waals surface area (Å²) in [5.74, 6) is 0.779. The quantitative estimate of drug-likeness (QED) is 0.361. The molecular formula is C12H24N4O4. The van der Waals surface area contributed by atoms with E-state index in [1.54, 1.807) is 0 Å². The minimum Gasteiger partial charge on any atom is -0.376 e. The van der Waals surface area contributed by atoms with Crippen molar-refractivity contribution in [3.63, 3.8) is 0 Å². The number of carbonyl (C=O) groups is 2.